The summed E-state index contributed by atoms with van der Waals surface area (Å²) in [5, 5.41) is 0. The normalized spacial score (nSPS) is 33.8. The summed E-state index contributed by atoms with van der Waals surface area (Å²) < 4.78 is 2.15. The van der Waals surface area contributed by atoms with Crippen molar-refractivity contribution in [3.05, 3.63) is 30.4 Å². The molecule has 0 amide bonds. The summed E-state index contributed by atoms with van der Waals surface area (Å²) in [6.07, 6.45) is 12.5. The average molecular weight is 216 g/mol. The van der Waals surface area contributed by atoms with Crippen LogP contribution in [-0.2, 0) is 6.54 Å². The van der Waals surface area contributed by atoms with Crippen molar-refractivity contribution in [1.82, 2.24) is 9.55 Å². The molecule has 86 valence electrons. The first-order valence-corrected chi connectivity index (χ1v) is 6.34. The first kappa shape index (κ1) is 10.1. The number of fused-ring (bicyclic) bond motifs is 2. The molecule has 0 aliphatic heterocycles. The zero-order valence-electron chi connectivity index (χ0n) is 10.2. The highest BCUT2D eigenvalue weighted by Crippen LogP contribution is 2.58. The molecule has 16 heavy (non-hydrogen) atoms. The summed E-state index contributed by atoms with van der Waals surface area (Å²) in [5.41, 5.74) is 2.15. The average Bonchev–Trinajstić information content (AvgIpc) is 2.89. The number of hydrogen-bond donors (Lipinski definition) is 0. The van der Waals surface area contributed by atoms with Gasteiger partial charge in [0.15, 0.2) is 0 Å². The van der Waals surface area contributed by atoms with Crippen LogP contribution in [0.5, 0.6) is 0 Å². The number of aromatic nitrogens is 2. The van der Waals surface area contributed by atoms with Gasteiger partial charge in [0.1, 0.15) is 0 Å². The molecule has 2 heteroatoms. The highest BCUT2D eigenvalue weighted by atomic mass is 15.0. The van der Waals surface area contributed by atoms with Crippen molar-refractivity contribution in [1.29, 1.82) is 0 Å². The molecule has 1 heterocycles. The number of rotatable bonds is 2. The van der Waals surface area contributed by atoms with Gasteiger partial charge in [0, 0.05) is 18.9 Å². The van der Waals surface area contributed by atoms with Crippen LogP contribution in [0.25, 0.3) is 0 Å². The minimum Gasteiger partial charge on any atom is -0.334 e. The van der Waals surface area contributed by atoms with Crippen LogP contribution in [0, 0.1) is 17.3 Å². The maximum Gasteiger partial charge on any atom is 0.0948 e. The lowest BCUT2D eigenvalue weighted by molar-refractivity contribution is 0.287. The molecule has 2 atom stereocenters. The molecule has 2 nitrogen and oxygen atoms in total. The molecule has 0 radical (unpaired) electrons. The van der Waals surface area contributed by atoms with Crippen LogP contribution in [0.4, 0.5) is 0 Å². The van der Waals surface area contributed by atoms with E-state index in [0.717, 1.165) is 18.4 Å². The van der Waals surface area contributed by atoms with Crippen molar-refractivity contribution in [2.45, 2.75) is 39.7 Å². The van der Waals surface area contributed by atoms with Crippen LogP contribution in [0.3, 0.4) is 0 Å². The zero-order chi connectivity index (χ0) is 11.2. The smallest absolute Gasteiger partial charge is 0.0948 e. The van der Waals surface area contributed by atoms with Crippen LogP contribution in [0.15, 0.2) is 30.4 Å². The van der Waals surface area contributed by atoms with Crippen molar-refractivity contribution in [2.75, 3.05) is 0 Å². The lowest BCUT2D eigenvalue weighted by Crippen LogP contribution is -2.23. The van der Waals surface area contributed by atoms with Gasteiger partial charge in [-0.25, -0.2) is 4.98 Å². The van der Waals surface area contributed by atoms with Crippen molar-refractivity contribution in [3.63, 3.8) is 0 Å². The Bertz CT molecular complexity index is 400. The third-order valence-electron chi connectivity index (χ3n) is 4.72. The molecule has 0 spiro atoms. The van der Waals surface area contributed by atoms with Crippen molar-refractivity contribution >= 4 is 0 Å². The summed E-state index contributed by atoms with van der Waals surface area (Å²) in [4.78, 5) is 4.09. The van der Waals surface area contributed by atoms with Crippen molar-refractivity contribution < 1.29 is 0 Å². The first-order valence-electron chi connectivity index (χ1n) is 6.34. The molecule has 0 saturated heterocycles. The Morgan fingerprint density at radius 2 is 2.38 bits per heavy atom. The van der Waals surface area contributed by atoms with Gasteiger partial charge in [0.2, 0.25) is 0 Å². The Kier molecular flexibility index (Phi) is 2.20. The predicted molar refractivity (Wildman–Crippen MR) is 64.9 cm³/mol. The van der Waals surface area contributed by atoms with Gasteiger partial charge in [0.25, 0.3) is 0 Å². The second kappa shape index (κ2) is 3.47. The standard InChI is InChI=1S/C14H20N2/c1-14(2)12-4-3-11(9-12)13(14)5-7-16-8-6-15-10-16/h5-6,8,10-12H,3-4,7,9H2,1-2H3. The largest absolute Gasteiger partial charge is 0.334 e. The molecule has 3 rings (SSSR count). The Morgan fingerprint density at radius 1 is 1.50 bits per heavy atom. The maximum atomic E-state index is 4.09. The van der Waals surface area contributed by atoms with E-state index in [1.54, 1.807) is 5.57 Å². The molecule has 2 saturated carbocycles. The lowest BCUT2D eigenvalue weighted by atomic mass is 9.72. The maximum absolute atomic E-state index is 4.09. The highest BCUT2D eigenvalue weighted by Gasteiger charge is 2.48. The molecule has 2 fully saturated rings. The van der Waals surface area contributed by atoms with Crippen LogP contribution in [0.2, 0.25) is 0 Å². The molecule has 2 bridgehead atoms. The van der Waals surface area contributed by atoms with Gasteiger partial charge >= 0.3 is 0 Å². The van der Waals surface area contributed by atoms with E-state index in [4.69, 9.17) is 0 Å². The van der Waals surface area contributed by atoms with Gasteiger partial charge in [0.05, 0.1) is 6.33 Å². The Hall–Kier alpha value is -1.05. The predicted octanol–water partition coefficient (Wildman–Crippen LogP) is 3.27. The Labute approximate surface area is 97.4 Å². The molecule has 2 aliphatic rings. The van der Waals surface area contributed by atoms with Crippen molar-refractivity contribution in [2.24, 2.45) is 17.3 Å². The van der Waals surface area contributed by atoms with Crippen molar-refractivity contribution in [3.8, 4) is 0 Å². The number of hydrogen-bond acceptors (Lipinski definition) is 1. The van der Waals surface area contributed by atoms with E-state index >= 15 is 0 Å². The Morgan fingerprint density at radius 3 is 3.00 bits per heavy atom. The van der Waals surface area contributed by atoms with E-state index in [9.17, 15) is 0 Å². The minimum absolute atomic E-state index is 0.448. The monoisotopic (exact) mass is 216 g/mol. The van der Waals surface area contributed by atoms with Crippen LogP contribution in [0.1, 0.15) is 33.1 Å². The van der Waals surface area contributed by atoms with Gasteiger partial charge in [-0.05, 0) is 36.5 Å². The van der Waals surface area contributed by atoms with E-state index in [0.29, 0.717) is 5.41 Å². The van der Waals surface area contributed by atoms with Gasteiger partial charge in [-0.1, -0.05) is 25.5 Å². The number of allylic oxidation sites excluding steroid dienone is 2. The summed E-state index contributed by atoms with van der Waals surface area (Å²) in [7, 11) is 0. The summed E-state index contributed by atoms with van der Waals surface area (Å²) in [6.45, 7) is 5.84. The first-order chi connectivity index (χ1) is 7.68. The van der Waals surface area contributed by atoms with E-state index in [-0.39, 0.29) is 0 Å². The molecule has 2 aliphatic carbocycles. The van der Waals surface area contributed by atoms with Gasteiger partial charge < -0.3 is 4.57 Å². The van der Waals surface area contributed by atoms with Gasteiger partial charge in [-0.3, -0.25) is 0 Å². The topological polar surface area (TPSA) is 17.8 Å². The SMILES string of the molecule is CC1(C)C(=CCn2ccnc2)C2CCC1C2. The fourth-order valence-electron chi connectivity index (χ4n) is 3.71. The Balaban J connectivity index is 1.81. The fraction of sp³-hybridized carbons (Fsp3) is 0.643. The van der Waals surface area contributed by atoms with Crippen LogP contribution < -0.4 is 0 Å². The van der Waals surface area contributed by atoms with Gasteiger partial charge in [-0.2, -0.15) is 0 Å². The molecule has 2 unspecified atom stereocenters. The third-order valence-corrected chi connectivity index (χ3v) is 4.72. The highest BCUT2D eigenvalue weighted by molar-refractivity contribution is 5.26. The summed E-state index contributed by atoms with van der Waals surface area (Å²) in [5.74, 6) is 1.81. The van der Waals surface area contributed by atoms with Crippen LogP contribution >= 0.6 is 0 Å². The molecule has 0 N–H and O–H groups in total. The lowest BCUT2D eigenvalue weighted by Gasteiger charge is -2.33. The molecule has 0 aromatic carbocycles. The fourth-order valence-corrected chi connectivity index (χ4v) is 3.71. The second-order valence-electron chi connectivity index (χ2n) is 5.85. The van der Waals surface area contributed by atoms with Crippen LogP contribution in [-0.4, -0.2) is 9.55 Å². The summed E-state index contributed by atoms with van der Waals surface area (Å²) in [6, 6.07) is 0. The van der Waals surface area contributed by atoms with E-state index < -0.39 is 0 Å². The van der Waals surface area contributed by atoms with E-state index in [2.05, 4.69) is 29.5 Å². The van der Waals surface area contributed by atoms with E-state index in [1.807, 2.05) is 18.7 Å². The zero-order valence-corrected chi connectivity index (χ0v) is 10.2. The molecule has 1 aromatic heterocycles. The third kappa shape index (κ3) is 1.43. The molecule has 1 aromatic rings. The number of imidazole rings is 1. The summed E-state index contributed by atoms with van der Waals surface area (Å²) >= 11 is 0. The minimum atomic E-state index is 0.448. The number of nitrogens with zero attached hydrogens (tertiary/aromatic N) is 2. The second-order valence-corrected chi connectivity index (χ2v) is 5.85. The quantitative estimate of drug-likeness (QED) is 0.694. The van der Waals surface area contributed by atoms with Gasteiger partial charge in [-0.15, -0.1) is 0 Å². The molecular formula is C14H20N2. The van der Waals surface area contributed by atoms with E-state index in [1.165, 1.54) is 19.3 Å². The molecular weight excluding hydrogens is 196 g/mol.